The van der Waals surface area contributed by atoms with Crippen LogP contribution in [-0.2, 0) is 6.54 Å². The van der Waals surface area contributed by atoms with Gasteiger partial charge in [-0.1, -0.05) is 24.1 Å². The largest absolute Gasteiger partial charge is 0.460 e. The molecule has 1 heterocycles. The lowest BCUT2D eigenvalue weighted by Crippen LogP contribution is -2.34. The van der Waals surface area contributed by atoms with Crippen molar-refractivity contribution < 1.29 is 4.42 Å². The number of furan rings is 1. The van der Waals surface area contributed by atoms with E-state index in [-0.39, 0.29) is 0 Å². The molecule has 1 fully saturated rings. The van der Waals surface area contributed by atoms with E-state index < -0.39 is 0 Å². The molecule has 0 atom stereocenters. The van der Waals surface area contributed by atoms with Crippen molar-refractivity contribution in [3.05, 3.63) is 35.0 Å². The van der Waals surface area contributed by atoms with Gasteiger partial charge >= 0.3 is 0 Å². The fraction of sp³-hybridized carbons (Fsp3) is 0.385. The first-order valence-electron chi connectivity index (χ1n) is 5.73. The van der Waals surface area contributed by atoms with Crippen molar-refractivity contribution in [3.8, 4) is 0 Å². The molecule has 1 aromatic carbocycles. The van der Waals surface area contributed by atoms with Crippen LogP contribution in [0.4, 0.5) is 0 Å². The third-order valence-corrected chi connectivity index (χ3v) is 3.56. The smallest absolute Gasteiger partial charge is 0.135 e. The van der Waals surface area contributed by atoms with Crippen LogP contribution in [0.3, 0.4) is 0 Å². The maximum atomic E-state index is 6.09. The lowest BCUT2D eigenvalue weighted by Gasteiger charge is -2.25. The second kappa shape index (κ2) is 4.11. The number of fused-ring (bicyclic) bond motifs is 1. The first kappa shape index (κ1) is 10.2. The van der Waals surface area contributed by atoms with Gasteiger partial charge in [0.1, 0.15) is 11.3 Å². The molecule has 0 unspecified atom stereocenters. The number of hydrogen-bond acceptors (Lipinski definition) is 2. The molecule has 1 saturated carbocycles. The van der Waals surface area contributed by atoms with Gasteiger partial charge in [-0.2, -0.15) is 0 Å². The van der Waals surface area contributed by atoms with E-state index >= 15 is 0 Å². The van der Waals surface area contributed by atoms with Crippen molar-refractivity contribution >= 4 is 22.6 Å². The van der Waals surface area contributed by atoms with Gasteiger partial charge in [0.15, 0.2) is 0 Å². The number of hydrogen-bond donors (Lipinski definition) is 1. The summed E-state index contributed by atoms with van der Waals surface area (Å²) in [5.74, 6) is 0.968. The Morgan fingerprint density at radius 1 is 1.38 bits per heavy atom. The first-order chi connectivity index (χ1) is 7.83. The molecule has 1 aliphatic carbocycles. The Balaban J connectivity index is 1.79. The molecule has 3 heteroatoms. The summed E-state index contributed by atoms with van der Waals surface area (Å²) < 4.78 is 5.72. The normalized spacial score (nSPS) is 16.6. The highest BCUT2D eigenvalue weighted by atomic mass is 35.5. The summed E-state index contributed by atoms with van der Waals surface area (Å²) in [5, 5.41) is 5.25. The van der Waals surface area contributed by atoms with E-state index in [1.54, 1.807) is 0 Å². The molecule has 0 amide bonds. The number of nitrogens with one attached hydrogen (secondary N) is 1. The zero-order valence-corrected chi connectivity index (χ0v) is 9.76. The van der Waals surface area contributed by atoms with Crippen LogP contribution in [0.2, 0.25) is 5.02 Å². The molecular formula is C13H14ClNO. The summed E-state index contributed by atoms with van der Waals surface area (Å²) >= 11 is 6.09. The molecule has 0 aliphatic heterocycles. The highest BCUT2D eigenvalue weighted by Crippen LogP contribution is 2.27. The highest BCUT2D eigenvalue weighted by Gasteiger charge is 2.17. The predicted octanol–water partition coefficient (Wildman–Crippen LogP) is 3.73. The highest BCUT2D eigenvalue weighted by molar-refractivity contribution is 6.35. The van der Waals surface area contributed by atoms with Crippen LogP contribution in [0.15, 0.2) is 28.7 Å². The van der Waals surface area contributed by atoms with Gasteiger partial charge in [0.2, 0.25) is 0 Å². The molecule has 84 valence electrons. The zero-order valence-electron chi connectivity index (χ0n) is 9.00. The lowest BCUT2D eigenvalue weighted by molar-refractivity contribution is 0.327. The van der Waals surface area contributed by atoms with E-state index in [2.05, 4.69) is 5.32 Å². The topological polar surface area (TPSA) is 25.2 Å². The molecule has 1 N–H and O–H groups in total. The van der Waals surface area contributed by atoms with Gasteiger partial charge in [-0.3, -0.25) is 0 Å². The molecule has 0 bridgehead atoms. The van der Waals surface area contributed by atoms with Crippen molar-refractivity contribution in [2.75, 3.05) is 0 Å². The Bertz CT molecular complexity index is 502. The van der Waals surface area contributed by atoms with Crippen LogP contribution < -0.4 is 5.32 Å². The van der Waals surface area contributed by atoms with Crippen LogP contribution in [0.25, 0.3) is 11.0 Å². The van der Waals surface area contributed by atoms with Crippen LogP contribution in [0.5, 0.6) is 0 Å². The van der Waals surface area contributed by atoms with Crippen molar-refractivity contribution in [3.63, 3.8) is 0 Å². The molecule has 3 rings (SSSR count). The maximum absolute atomic E-state index is 6.09. The van der Waals surface area contributed by atoms with Crippen molar-refractivity contribution in [1.82, 2.24) is 5.32 Å². The van der Waals surface area contributed by atoms with Gasteiger partial charge in [0, 0.05) is 11.4 Å². The fourth-order valence-electron chi connectivity index (χ4n) is 2.02. The Labute approximate surface area is 99.6 Å². The fourth-order valence-corrected chi connectivity index (χ4v) is 2.24. The molecule has 2 nitrogen and oxygen atoms in total. The van der Waals surface area contributed by atoms with E-state index in [0.717, 1.165) is 28.3 Å². The van der Waals surface area contributed by atoms with Gasteiger partial charge in [-0.15, -0.1) is 0 Å². The molecule has 0 spiro atoms. The summed E-state index contributed by atoms with van der Waals surface area (Å²) in [5.41, 5.74) is 0.873. The average molecular weight is 236 g/mol. The predicted molar refractivity (Wildman–Crippen MR) is 65.7 cm³/mol. The Hall–Kier alpha value is -0.990. The number of benzene rings is 1. The van der Waals surface area contributed by atoms with Gasteiger partial charge in [0.25, 0.3) is 0 Å². The van der Waals surface area contributed by atoms with E-state index in [1.807, 2.05) is 24.3 Å². The Morgan fingerprint density at radius 3 is 2.94 bits per heavy atom. The standard InChI is InChI=1S/C13H14ClNO/c14-12-5-2-6-13-11(12)7-10(16-13)8-15-9-3-1-4-9/h2,5-7,9,15H,1,3-4,8H2. The second-order valence-corrected chi connectivity index (χ2v) is 4.78. The van der Waals surface area contributed by atoms with Crippen molar-refractivity contribution in [2.24, 2.45) is 0 Å². The minimum Gasteiger partial charge on any atom is -0.460 e. The van der Waals surface area contributed by atoms with Crippen LogP contribution in [0, 0.1) is 0 Å². The monoisotopic (exact) mass is 235 g/mol. The van der Waals surface area contributed by atoms with E-state index in [9.17, 15) is 0 Å². The Morgan fingerprint density at radius 2 is 2.25 bits per heavy atom. The molecule has 0 saturated heterocycles. The van der Waals surface area contributed by atoms with Gasteiger partial charge in [-0.05, 0) is 31.0 Å². The van der Waals surface area contributed by atoms with E-state index in [1.165, 1.54) is 19.3 Å². The molecule has 2 aromatic rings. The van der Waals surface area contributed by atoms with Crippen LogP contribution in [-0.4, -0.2) is 6.04 Å². The average Bonchev–Trinajstić information content (AvgIpc) is 2.60. The SMILES string of the molecule is Clc1cccc2oc(CNC3CCC3)cc12. The Kier molecular flexibility index (Phi) is 2.62. The lowest BCUT2D eigenvalue weighted by atomic mass is 9.93. The van der Waals surface area contributed by atoms with Gasteiger partial charge < -0.3 is 9.73 Å². The minimum absolute atomic E-state index is 0.684. The third-order valence-electron chi connectivity index (χ3n) is 3.23. The van der Waals surface area contributed by atoms with Gasteiger partial charge in [-0.25, -0.2) is 0 Å². The second-order valence-electron chi connectivity index (χ2n) is 4.37. The number of halogens is 1. The molecule has 0 radical (unpaired) electrons. The zero-order chi connectivity index (χ0) is 11.0. The van der Waals surface area contributed by atoms with Gasteiger partial charge in [0.05, 0.1) is 11.6 Å². The maximum Gasteiger partial charge on any atom is 0.135 e. The summed E-state index contributed by atoms with van der Waals surface area (Å²) in [7, 11) is 0. The quantitative estimate of drug-likeness (QED) is 0.877. The van der Waals surface area contributed by atoms with Crippen LogP contribution in [0.1, 0.15) is 25.0 Å². The minimum atomic E-state index is 0.684. The summed E-state index contributed by atoms with van der Waals surface area (Å²) in [6, 6.07) is 8.47. The van der Waals surface area contributed by atoms with E-state index in [0.29, 0.717) is 6.04 Å². The summed E-state index contributed by atoms with van der Waals surface area (Å²) in [6.07, 6.45) is 3.94. The molecule has 16 heavy (non-hydrogen) atoms. The molecule has 1 aliphatic rings. The molecule has 1 aromatic heterocycles. The third kappa shape index (κ3) is 1.83. The van der Waals surface area contributed by atoms with E-state index in [4.69, 9.17) is 16.0 Å². The van der Waals surface area contributed by atoms with Crippen molar-refractivity contribution in [1.29, 1.82) is 0 Å². The summed E-state index contributed by atoms with van der Waals surface area (Å²) in [4.78, 5) is 0. The van der Waals surface area contributed by atoms with Crippen LogP contribution >= 0.6 is 11.6 Å². The molecular weight excluding hydrogens is 222 g/mol. The number of rotatable bonds is 3. The summed E-state index contributed by atoms with van der Waals surface area (Å²) in [6.45, 7) is 0.801. The first-order valence-corrected chi connectivity index (χ1v) is 6.11. The van der Waals surface area contributed by atoms with Crippen molar-refractivity contribution in [2.45, 2.75) is 31.8 Å².